The third-order valence-electron chi connectivity index (χ3n) is 3.51. The molecule has 0 aliphatic carbocycles. The molecular weight excluding hydrogens is 300 g/mol. The Hall–Kier alpha value is -2.82. The summed E-state index contributed by atoms with van der Waals surface area (Å²) in [5, 5.41) is 5.93. The number of benzene rings is 2. The Balaban J connectivity index is 1.87. The molecule has 0 saturated carbocycles. The summed E-state index contributed by atoms with van der Waals surface area (Å²) in [6.07, 6.45) is 2.06. The molecule has 0 aliphatic rings. The van der Waals surface area contributed by atoms with E-state index in [0.717, 1.165) is 24.1 Å². The van der Waals surface area contributed by atoms with Gasteiger partial charge in [0.1, 0.15) is 0 Å². The van der Waals surface area contributed by atoms with Crippen LogP contribution in [0.2, 0.25) is 0 Å². The summed E-state index contributed by atoms with van der Waals surface area (Å²) in [7, 11) is 0. The minimum absolute atomic E-state index is 0.0382. The number of guanidine groups is 1. The zero-order valence-electron chi connectivity index (χ0n) is 14.0. The lowest BCUT2D eigenvalue weighted by atomic mass is 10.1. The van der Waals surface area contributed by atoms with E-state index in [-0.39, 0.29) is 5.91 Å². The van der Waals surface area contributed by atoms with E-state index in [9.17, 15) is 4.79 Å². The first-order valence-electron chi connectivity index (χ1n) is 8.18. The Labute approximate surface area is 143 Å². The molecule has 1 amide bonds. The molecule has 0 aliphatic heterocycles. The van der Waals surface area contributed by atoms with E-state index in [1.54, 1.807) is 0 Å². The van der Waals surface area contributed by atoms with Gasteiger partial charge in [0.15, 0.2) is 5.96 Å². The molecule has 5 nitrogen and oxygen atoms in total. The summed E-state index contributed by atoms with van der Waals surface area (Å²) in [5.74, 6) is 0.325. The van der Waals surface area contributed by atoms with Gasteiger partial charge < -0.3 is 16.4 Å². The van der Waals surface area contributed by atoms with E-state index < -0.39 is 0 Å². The van der Waals surface area contributed by atoms with Gasteiger partial charge in [0.25, 0.3) is 5.91 Å². The van der Waals surface area contributed by atoms with Crippen LogP contribution in [0.25, 0.3) is 0 Å². The molecule has 0 bridgehead atoms. The molecule has 126 valence electrons. The van der Waals surface area contributed by atoms with Crippen molar-refractivity contribution in [3.8, 4) is 0 Å². The molecule has 0 fully saturated rings. The van der Waals surface area contributed by atoms with E-state index in [1.165, 1.54) is 0 Å². The van der Waals surface area contributed by atoms with Gasteiger partial charge in [0, 0.05) is 17.8 Å². The molecule has 2 aromatic rings. The van der Waals surface area contributed by atoms with Gasteiger partial charge in [0.05, 0.1) is 6.54 Å². The summed E-state index contributed by atoms with van der Waals surface area (Å²) in [4.78, 5) is 16.2. The molecule has 2 aromatic carbocycles. The summed E-state index contributed by atoms with van der Waals surface area (Å²) in [6, 6.07) is 17.1. The van der Waals surface area contributed by atoms with Crippen molar-refractivity contribution in [3.63, 3.8) is 0 Å². The molecule has 0 unspecified atom stereocenters. The van der Waals surface area contributed by atoms with Gasteiger partial charge in [-0.1, -0.05) is 43.7 Å². The molecule has 0 saturated heterocycles. The number of aliphatic imine (C=N–C) groups is 1. The number of nitrogens with zero attached hydrogens (tertiary/aromatic N) is 1. The molecular formula is C19H24N4O. The topological polar surface area (TPSA) is 79.5 Å². The van der Waals surface area contributed by atoms with E-state index >= 15 is 0 Å². The standard InChI is InChI=1S/C19H24N4O/c1-2-3-13-21-18(24)16-11-9-15(10-12-16)14-22-19(20)23-17-7-5-4-6-8-17/h4-12H,2-3,13-14H2,1H3,(H,21,24)(H3,20,22,23). The van der Waals surface area contributed by atoms with Crippen molar-refractivity contribution < 1.29 is 4.79 Å². The monoisotopic (exact) mass is 324 g/mol. The number of hydrogen-bond donors (Lipinski definition) is 3. The van der Waals surface area contributed by atoms with Gasteiger partial charge >= 0.3 is 0 Å². The van der Waals surface area contributed by atoms with Crippen LogP contribution in [-0.4, -0.2) is 18.4 Å². The molecule has 5 heteroatoms. The average molecular weight is 324 g/mol. The highest BCUT2D eigenvalue weighted by molar-refractivity contribution is 5.94. The van der Waals surface area contributed by atoms with Crippen molar-refractivity contribution in [1.29, 1.82) is 0 Å². The SMILES string of the molecule is CCCCNC(=O)c1ccc(CN=C(N)Nc2ccccc2)cc1. The quantitative estimate of drug-likeness (QED) is 0.416. The van der Waals surface area contributed by atoms with Gasteiger partial charge in [-0.25, -0.2) is 4.99 Å². The second-order valence-electron chi connectivity index (χ2n) is 5.50. The van der Waals surface area contributed by atoms with Crippen molar-refractivity contribution >= 4 is 17.6 Å². The van der Waals surface area contributed by atoms with E-state index in [2.05, 4.69) is 22.5 Å². The second kappa shape index (κ2) is 9.35. The number of carbonyl (C=O) groups excluding carboxylic acids is 1. The summed E-state index contributed by atoms with van der Waals surface area (Å²) in [5.41, 5.74) is 8.43. The molecule has 0 aromatic heterocycles. The number of amides is 1. The number of hydrogen-bond acceptors (Lipinski definition) is 2. The van der Waals surface area contributed by atoms with Gasteiger partial charge in [-0.05, 0) is 36.2 Å². The first-order chi connectivity index (χ1) is 11.7. The van der Waals surface area contributed by atoms with E-state index in [4.69, 9.17) is 5.73 Å². The largest absolute Gasteiger partial charge is 0.370 e. The fourth-order valence-corrected chi connectivity index (χ4v) is 2.13. The number of anilines is 1. The predicted octanol–water partition coefficient (Wildman–Crippen LogP) is 3.14. The van der Waals surface area contributed by atoms with Crippen LogP contribution in [0.1, 0.15) is 35.7 Å². The number of para-hydroxylation sites is 1. The Bertz CT molecular complexity index is 666. The van der Waals surface area contributed by atoms with E-state index in [1.807, 2.05) is 54.6 Å². The molecule has 4 N–H and O–H groups in total. The number of rotatable bonds is 7. The fourth-order valence-electron chi connectivity index (χ4n) is 2.13. The lowest BCUT2D eigenvalue weighted by Crippen LogP contribution is -2.24. The predicted molar refractivity (Wildman–Crippen MR) is 99.1 cm³/mol. The van der Waals surface area contributed by atoms with Crippen molar-refractivity contribution in [2.75, 3.05) is 11.9 Å². The van der Waals surface area contributed by atoms with Crippen molar-refractivity contribution in [3.05, 3.63) is 65.7 Å². The van der Waals surface area contributed by atoms with Gasteiger partial charge in [-0.3, -0.25) is 4.79 Å². The summed E-state index contributed by atoms with van der Waals surface area (Å²) in [6.45, 7) is 3.27. The Kier molecular flexibility index (Phi) is 6.83. The van der Waals surface area contributed by atoms with Crippen molar-refractivity contribution in [1.82, 2.24) is 5.32 Å². The summed E-state index contributed by atoms with van der Waals surface area (Å²) >= 11 is 0. The Morgan fingerprint density at radius 1 is 1.08 bits per heavy atom. The normalized spacial score (nSPS) is 11.1. The Morgan fingerprint density at radius 3 is 2.46 bits per heavy atom. The van der Waals surface area contributed by atoms with Crippen LogP contribution in [-0.2, 0) is 6.54 Å². The smallest absolute Gasteiger partial charge is 0.251 e. The molecule has 0 radical (unpaired) electrons. The zero-order chi connectivity index (χ0) is 17.2. The molecule has 24 heavy (non-hydrogen) atoms. The van der Waals surface area contributed by atoms with Gasteiger partial charge in [-0.2, -0.15) is 0 Å². The number of carbonyl (C=O) groups is 1. The number of unbranched alkanes of at least 4 members (excludes halogenated alkanes) is 1. The van der Waals surface area contributed by atoms with Crippen LogP contribution >= 0.6 is 0 Å². The van der Waals surface area contributed by atoms with Gasteiger partial charge in [-0.15, -0.1) is 0 Å². The number of nitrogens with one attached hydrogen (secondary N) is 2. The molecule has 0 spiro atoms. The van der Waals surface area contributed by atoms with Crippen molar-refractivity contribution in [2.24, 2.45) is 10.7 Å². The van der Waals surface area contributed by atoms with Gasteiger partial charge in [0.2, 0.25) is 0 Å². The zero-order valence-corrected chi connectivity index (χ0v) is 14.0. The van der Waals surface area contributed by atoms with Crippen LogP contribution in [0.4, 0.5) is 5.69 Å². The van der Waals surface area contributed by atoms with Crippen molar-refractivity contribution in [2.45, 2.75) is 26.3 Å². The fraction of sp³-hybridized carbons (Fsp3) is 0.263. The van der Waals surface area contributed by atoms with Crippen LogP contribution in [0.3, 0.4) is 0 Å². The third-order valence-corrected chi connectivity index (χ3v) is 3.51. The first-order valence-corrected chi connectivity index (χ1v) is 8.18. The minimum Gasteiger partial charge on any atom is -0.370 e. The average Bonchev–Trinajstić information content (AvgIpc) is 2.61. The lowest BCUT2D eigenvalue weighted by Gasteiger charge is -2.06. The van der Waals surface area contributed by atoms with E-state index in [0.29, 0.717) is 24.6 Å². The maximum atomic E-state index is 11.9. The van der Waals surface area contributed by atoms with Crippen LogP contribution in [0, 0.1) is 0 Å². The molecule has 0 heterocycles. The van der Waals surface area contributed by atoms with Crippen LogP contribution in [0.5, 0.6) is 0 Å². The Morgan fingerprint density at radius 2 is 1.79 bits per heavy atom. The number of nitrogens with two attached hydrogens (primary N) is 1. The molecule has 0 atom stereocenters. The third kappa shape index (κ3) is 5.76. The molecule has 2 rings (SSSR count). The van der Waals surface area contributed by atoms with Crippen LogP contribution < -0.4 is 16.4 Å². The highest BCUT2D eigenvalue weighted by atomic mass is 16.1. The second-order valence-corrected chi connectivity index (χ2v) is 5.50. The maximum Gasteiger partial charge on any atom is 0.251 e. The maximum absolute atomic E-state index is 11.9. The highest BCUT2D eigenvalue weighted by Gasteiger charge is 2.04. The highest BCUT2D eigenvalue weighted by Crippen LogP contribution is 2.07. The summed E-state index contributed by atoms with van der Waals surface area (Å²) < 4.78 is 0. The first kappa shape index (κ1) is 17.5. The minimum atomic E-state index is -0.0382. The van der Waals surface area contributed by atoms with Crippen LogP contribution in [0.15, 0.2) is 59.6 Å². The lowest BCUT2D eigenvalue weighted by molar-refractivity contribution is 0.0953.